The first-order valence-electron chi connectivity index (χ1n) is 9.72. The molecule has 2 atom stereocenters. The van der Waals surface area contributed by atoms with E-state index >= 15 is 0 Å². The summed E-state index contributed by atoms with van der Waals surface area (Å²) in [5, 5.41) is 4.25. The van der Waals surface area contributed by atoms with Crippen LogP contribution in [0.25, 0.3) is 10.9 Å². The highest BCUT2D eigenvalue weighted by Crippen LogP contribution is 2.27. The van der Waals surface area contributed by atoms with Crippen molar-refractivity contribution in [2.24, 2.45) is 0 Å². The lowest BCUT2D eigenvalue weighted by Gasteiger charge is -2.32. The monoisotopic (exact) mass is 420 g/mol. The Hall–Kier alpha value is -1.24. The molecule has 5 nitrogen and oxygen atoms in total. The Bertz CT molecular complexity index is 819. The van der Waals surface area contributed by atoms with E-state index in [1.165, 1.54) is 0 Å². The Balaban J connectivity index is 2.12. The molecular formula is C20H29BrN4O. The lowest BCUT2D eigenvalue weighted by molar-refractivity contribution is 0.174. The zero-order chi connectivity index (χ0) is 18.7. The fraction of sp³-hybridized carbons (Fsp3) is 0.600. The summed E-state index contributed by atoms with van der Waals surface area (Å²) in [5.41, 5.74) is 0.857. The molecule has 1 aromatic carbocycles. The predicted octanol–water partition coefficient (Wildman–Crippen LogP) is 3.70. The van der Waals surface area contributed by atoms with Crippen LogP contribution in [-0.4, -0.2) is 40.1 Å². The predicted molar refractivity (Wildman–Crippen MR) is 111 cm³/mol. The van der Waals surface area contributed by atoms with Crippen LogP contribution in [0.15, 0.2) is 27.5 Å². The topological polar surface area (TPSA) is 50.2 Å². The fourth-order valence-electron chi connectivity index (χ4n) is 3.94. The number of hydrogen-bond donors (Lipinski definition) is 1. The van der Waals surface area contributed by atoms with Gasteiger partial charge in [-0.15, -0.1) is 0 Å². The van der Waals surface area contributed by atoms with E-state index in [1.54, 1.807) is 0 Å². The minimum Gasteiger partial charge on any atom is -0.313 e. The molecule has 2 aromatic rings. The maximum atomic E-state index is 13.1. The fourth-order valence-corrected chi connectivity index (χ4v) is 4.30. The third-order valence-electron chi connectivity index (χ3n) is 5.19. The van der Waals surface area contributed by atoms with Crippen molar-refractivity contribution in [1.29, 1.82) is 0 Å². The Kier molecular flexibility index (Phi) is 6.48. The van der Waals surface area contributed by atoms with Crippen LogP contribution in [0.2, 0.25) is 0 Å². The minimum atomic E-state index is 0.0656. The number of halogens is 1. The third kappa shape index (κ3) is 4.02. The summed E-state index contributed by atoms with van der Waals surface area (Å²) in [7, 11) is 0. The molecule has 26 heavy (non-hydrogen) atoms. The largest absolute Gasteiger partial charge is 0.313 e. The standard InChI is InChI=1S/C20H29BrN4O/c1-4-7-18(24-11-6-10-22-14(3)13-24)19-23-17-9-8-15(21)12-16(17)20(26)25(19)5-2/h8-9,12,14,18,22H,4-7,10-11,13H2,1-3H3/t14-,18?/m1/s1. The van der Waals surface area contributed by atoms with Crippen molar-refractivity contribution in [2.45, 2.75) is 58.7 Å². The SMILES string of the molecule is CCCC(c1nc2ccc(Br)cc2c(=O)n1CC)N1CCCN[C@H](C)C1. The normalized spacial score (nSPS) is 20.2. The van der Waals surface area contributed by atoms with Gasteiger partial charge in [0.15, 0.2) is 0 Å². The van der Waals surface area contributed by atoms with Crippen molar-refractivity contribution in [1.82, 2.24) is 19.8 Å². The lowest BCUT2D eigenvalue weighted by Crippen LogP contribution is -2.40. The Morgan fingerprint density at radius 3 is 2.92 bits per heavy atom. The Labute approximate surface area is 163 Å². The third-order valence-corrected chi connectivity index (χ3v) is 5.68. The van der Waals surface area contributed by atoms with E-state index in [4.69, 9.17) is 4.98 Å². The second-order valence-corrected chi connectivity index (χ2v) is 8.10. The van der Waals surface area contributed by atoms with Crippen LogP contribution in [-0.2, 0) is 6.54 Å². The van der Waals surface area contributed by atoms with E-state index in [2.05, 4.69) is 40.0 Å². The molecule has 1 unspecified atom stereocenters. The van der Waals surface area contributed by atoms with Crippen molar-refractivity contribution in [2.75, 3.05) is 19.6 Å². The van der Waals surface area contributed by atoms with Crippen molar-refractivity contribution in [3.8, 4) is 0 Å². The molecule has 1 N–H and O–H groups in total. The second-order valence-electron chi connectivity index (χ2n) is 7.19. The maximum absolute atomic E-state index is 13.1. The summed E-state index contributed by atoms with van der Waals surface area (Å²) < 4.78 is 2.79. The van der Waals surface area contributed by atoms with Crippen molar-refractivity contribution < 1.29 is 0 Å². The molecule has 3 rings (SSSR count). The van der Waals surface area contributed by atoms with Crippen LogP contribution < -0.4 is 10.9 Å². The minimum absolute atomic E-state index is 0.0656. The second kappa shape index (κ2) is 8.63. The smallest absolute Gasteiger partial charge is 0.261 e. The molecule has 0 aliphatic carbocycles. The molecule has 0 bridgehead atoms. The number of rotatable bonds is 5. The molecule has 0 radical (unpaired) electrons. The quantitative estimate of drug-likeness (QED) is 0.800. The first kappa shape index (κ1) is 19.5. The van der Waals surface area contributed by atoms with Crippen molar-refractivity contribution in [3.05, 3.63) is 38.9 Å². The van der Waals surface area contributed by atoms with Gasteiger partial charge in [0, 0.05) is 30.1 Å². The van der Waals surface area contributed by atoms with Crippen LogP contribution >= 0.6 is 15.9 Å². The highest BCUT2D eigenvalue weighted by atomic mass is 79.9. The van der Waals surface area contributed by atoms with E-state index in [-0.39, 0.29) is 11.6 Å². The Morgan fingerprint density at radius 1 is 1.38 bits per heavy atom. The summed E-state index contributed by atoms with van der Waals surface area (Å²) in [6.07, 6.45) is 3.21. The number of aromatic nitrogens is 2. The molecule has 1 aromatic heterocycles. The summed E-state index contributed by atoms with van der Waals surface area (Å²) in [6, 6.07) is 6.42. The molecule has 0 amide bonds. The molecule has 1 saturated heterocycles. The van der Waals surface area contributed by atoms with Gasteiger partial charge in [0.1, 0.15) is 5.82 Å². The van der Waals surface area contributed by atoms with Crippen LogP contribution in [0.4, 0.5) is 0 Å². The number of hydrogen-bond acceptors (Lipinski definition) is 4. The molecule has 6 heteroatoms. The molecule has 2 heterocycles. The summed E-state index contributed by atoms with van der Waals surface area (Å²) in [6.45, 7) is 10.2. The van der Waals surface area contributed by atoms with Gasteiger partial charge < -0.3 is 5.32 Å². The number of benzene rings is 1. The highest BCUT2D eigenvalue weighted by molar-refractivity contribution is 9.10. The summed E-state index contributed by atoms with van der Waals surface area (Å²) in [5.74, 6) is 0.920. The number of fused-ring (bicyclic) bond motifs is 1. The van der Waals surface area contributed by atoms with Crippen LogP contribution in [0.1, 0.15) is 51.9 Å². The van der Waals surface area contributed by atoms with Gasteiger partial charge in [0.2, 0.25) is 0 Å². The molecule has 142 valence electrons. The van der Waals surface area contributed by atoms with Crippen molar-refractivity contribution >= 4 is 26.8 Å². The molecule has 0 spiro atoms. The zero-order valence-electron chi connectivity index (χ0n) is 16.0. The van der Waals surface area contributed by atoms with E-state index in [0.29, 0.717) is 18.0 Å². The van der Waals surface area contributed by atoms with Gasteiger partial charge in [0.05, 0.1) is 16.9 Å². The van der Waals surface area contributed by atoms with Gasteiger partial charge in [-0.2, -0.15) is 0 Å². The molecule has 1 aliphatic rings. The first-order chi connectivity index (χ1) is 12.5. The van der Waals surface area contributed by atoms with Gasteiger partial charge >= 0.3 is 0 Å². The molecule has 1 aliphatic heterocycles. The number of nitrogens with one attached hydrogen (secondary N) is 1. The zero-order valence-corrected chi connectivity index (χ0v) is 17.6. The number of nitrogens with zero attached hydrogens (tertiary/aromatic N) is 3. The average Bonchev–Trinajstić information content (AvgIpc) is 2.84. The van der Waals surface area contributed by atoms with Gasteiger partial charge in [-0.3, -0.25) is 14.3 Å². The Morgan fingerprint density at radius 2 is 2.19 bits per heavy atom. The van der Waals surface area contributed by atoms with E-state index in [1.807, 2.05) is 29.7 Å². The van der Waals surface area contributed by atoms with E-state index < -0.39 is 0 Å². The van der Waals surface area contributed by atoms with Gasteiger partial charge in [-0.1, -0.05) is 29.3 Å². The lowest BCUT2D eigenvalue weighted by atomic mass is 10.1. The highest BCUT2D eigenvalue weighted by Gasteiger charge is 2.27. The summed E-state index contributed by atoms with van der Waals surface area (Å²) >= 11 is 3.47. The van der Waals surface area contributed by atoms with Crippen LogP contribution in [0.3, 0.4) is 0 Å². The van der Waals surface area contributed by atoms with E-state index in [9.17, 15) is 4.79 Å². The maximum Gasteiger partial charge on any atom is 0.261 e. The van der Waals surface area contributed by atoms with E-state index in [0.717, 1.165) is 54.7 Å². The van der Waals surface area contributed by atoms with Crippen LogP contribution in [0, 0.1) is 0 Å². The first-order valence-corrected chi connectivity index (χ1v) is 10.5. The van der Waals surface area contributed by atoms with Gasteiger partial charge in [0.25, 0.3) is 5.56 Å². The van der Waals surface area contributed by atoms with Gasteiger partial charge in [-0.25, -0.2) is 4.98 Å². The van der Waals surface area contributed by atoms with Crippen LogP contribution in [0.5, 0.6) is 0 Å². The molecular weight excluding hydrogens is 392 g/mol. The average molecular weight is 421 g/mol. The molecule has 1 fully saturated rings. The molecule has 0 saturated carbocycles. The van der Waals surface area contributed by atoms with Crippen molar-refractivity contribution in [3.63, 3.8) is 0 Å². The summed E-state index contributed by atoms with van der Waals surface area (Å²) in [4.78, 5) is 20.6. The van der Waals surface area contributed by atoms with Gasteiger partial charge in [-0.05, 0) is 51.4 Å².